The first-order chi connectivity index (χ1) is 8.90. The second-order valence-corrected chi connectivity index (χ2v) is 4.80. The molecule has 0 saturated heterocycles. The number of rotatable bonds is 10. The molecule has 5 heteroatoms. The Morgan fingerprint density at radius 1 is 0.789 bits per heavy atom. The molecular weight excluding hydrogens is 246 g/mol. The molecule has 0 amide bonds. The average Bonchev–Trinajstić information content (AvgIpc) is 2.32. The Bertz CT molecular complexity index is 209. The van der Waals surface area contributed by atoms with Crippen LogP contribution in [0.2, 0.25) is 0 Å². The van der Waals surface area contributed by atoms with Crippen LogP contribution in [0.25, 0.3) is 0 Å². The molecule has 19 heavy (non-hydrogen) atoms. The molecule has 0 heterocycles. The van der Waals surface area contributed by atoms with E-state index in [0.29, 0.717) is 0 Å². The standard InChI is InChI=1S/C10H18O4.C4H11N/c11-9(12)7-5-3-1-2-4-6-8-10(13)14;1-4-5(2)3/h1-8H2,(H,11,12)(H,13,14);4H2,1-3H3. The Morgan fingerprint density at radius 3 is 1.26 bits per heavy atom. The number of carboxylic acids is 2. The first-order valence-electron chi connectivity index (χ1n) is 6.98. The molecule has 5 nitrogen and oxygen atoms in total. The highest BCUT2D eigenvalue weighted by atomic mass is 16.4. The van der Waals surface area contributed by atoms with Crippen molar-refractivity contribution in [2.45, 2.75) is 58.3 Å². The number of aliphatic carboxylic acids is 2. The molecule has 0 saturated carbocycles. The van der Waals surface area contributed by atoms with Crippen molar-refractivity contribution in [1.82, 2.24) is 4.90 Å². The number of hydrogen-bond acceptors (Lipinski definition) is 3. The van der Waals surface area contributed by atoms with Crippen molar-refractivity contribution in [2.75, 3.05) is 20.6 Å². The molecule has 0 aromatic rings. The largest absolute Gasteiger partial charge is 0.481 e. The zero-order valence-electron chi connectivity index (χ0n) is 12.5. The van der Waals surface area contributed by atoms with Gasteiger partial charge in [-0.15, -0.1) is 0 Å². The molecule has 0 aliphatic carbocycles. The highest BCUT2D eigenvalue weighted by molar-refractivity contribution is 5.66. The van der Waals surface area contributed by atoms with Gasteiger partial charge < -0.3 is 15.1 Å². The molecular formula is C14H29NO4. The van der Waals surface area contributed by atoms with E-state index < -0.39 is 11.9 Å². The van der Waals surface area contributed by atoms with Gasteiger partial charge in [-0.25, -0.2) is 0 Å². The maximum absolute atomic E-state index is 10.1. The van der Waals surface area contributed by atoms with Gasteiger partial charge in [-0.2, -0.15) is 0 Å². The molecule has 0 aromatic carbocycles. The van der Waals surface area contributed by atoms with Crippen molar-refractivity contribution < 1.29 is 19.8 Å². The van der Waals surface area contributed by atoms with Gasteiger partial charge in [0.25, 0.3) is 0 Å². The van der Waals surface area contributed by atoms with Crippen LogP contribution in [0.3, 0.4) is 0 Å². The number of hydrogen-bond donors (Lipinski definition) is 2. The van der Waals surface area contributed by atoms with Crippen LogP contribution in [-0.4, -0.2) is 47.7 Å². The van der Waals surface area contributed by atoms with E-state index in [0.717, 1.165) is 45.1 Å². The molecule has 0 atom stereocenters. The topological polar surface area (TPSA) is 77.8 Å². The van der Waals surface area contributed by atoms with Crippen LogP contribution < -0.4 is 0 Å². The van der Waals surface area contributed by atoms with Gasteiger partial charge in [-0.05, 0) is 33.5 Å². The van der Waals surface area contributed by atoms with Gasteiger partial charge in [0.05, 0.1) is 0 Å². The summed E-state index contributed by atoms with van der Waals surface area (Å²) in [4.78, 5) is 22.4. The molecule has 0 aromatic heterocycles. The van der Waals surface area contributed by atoms with Crippen molar-refractivity contribution in [3.05, 3.63) is 0 Å². The SMILES string of the molecule is CCN(C)C.O=C(O)CCCCCCCCC(=O)O. The molecule has 0 unspecified atom stereocenters. The van der Waals surface area contributed by atoms with E-state index in [9.17, 15) is 9.59 Å². The Morgan fingerprint density at radius 2 is 1.05 bits per heavy atom. The van der Waals surface area contributed by atoms with E-state index in [1.54, 1.807) is 0 Å². The van der Waals surface area contributed by atoms with Gasteiger partial charge in [0.15, 0.2) is 0 Å². The number of nitrogens with zero attached hydrogens (tertiary/aromatic N) is 1. The molecule has 0 aliphatic rings. The smallest absolute Gasteiger partial charge is 0.303 e. The van der Waals surface area contributed by atoms with Gasteiger partial charge in [0.1, 0.15) is 0 Å². The average molecular weight is 275 g/mol. The molecule has 0 rings (SSSR count). The highest BCUT2D eigenvalue weighted by Crippen LogP contribution is 2.08. The predicted molar refractivity (Wildman–Crippen MR) is 76.4 cm³/mol. The molecule has 0 radical (unpaired) electrons. The number of unbranched alkanes of at least 4 members (excludes halogenated alkanes) is 5. The van der Waals surface area contributed by atoms with Crippen LogP contribution in [0, 0.1) is 0 Å². The zero-order chi connectivity index (χ0) is 15.1. The summed E-state index contributed by atoms with van der Waals surface area (Å²) in [6, 6.07) is 0. The summed E-state index contributed by atoms with van der Waals surface area (Å²) in [5, 5.41) is 16.7. The van der Waals surface area contributed by atoms with Gasteiger partial charge >= 0.3 is 11.9 Å². The monoisotopic (exact) mass is 275 g/mol. The van der Waals surface area contributed by atoms with E-state index >= 15 is 0 Å². The minimum atomic E-state index is -0.740. The lowest BCUT2D eigenvalue weighted by Gasteiger charge is -2.00. The van der Waals surface area contributed by atoms with Gasteiger partial charge in [-0.1, -0.05) is 32.6 Å². The van der Waals surface area contributed by atoms with E-state index in [1.807, 2.05) is 0 Å². The molecule has 114 valence electrons. The molecule has 2 N–H and O–H groups in total. The van der Waals surface area contributed by atoms with Gasteiger partial charge in [0, 0.05) is 12.8 Å². The van der Waals surface area contributed by atoms with Crippen LogP contribution in [0.1, 0.15) is 58.3 Å². The van der Waals surface area contributed by atoms with Crippen molar-refractivity contribution >= 4 is 11.9 Å². The Hall–Kier alpha value is -1.10. The third-order valence-corrected chi connectivity index (χ3v) is 2.66. The van der Waals surface area contributed by atoms with Crippen molar-refractivity contribution in [3.8, 4) is 0 Å². The van der Waals surface area contributed by atoms with Gasteiger partial charge in [-0.3, -0.25) is 9.59 Å². The lowest BCUT2D eigenvalue weighted by molar-refractivity contribution is -0.138. The Balaban J connectivity index is 0. The van der Waals surface area contributed by atoms with E-state index in [1.165, 1.54) is 0 Å². The predicted octanol–water partition coefficient (Wildman–Crippen LogP) is 2.84. The molecule has 0 spiro atoms. The molecule has 0 fully saturated rings. The first kappa shape index (κ1) is 20.2. The summed E-state index contributed by atoms with van der Waals surface area (Å²) in [7, 11) is 4.11. The summed E-state index contributed by atoms with van der Waals surface area (Å²) >= 11 is 0. The summed E-state index contributed by atoms with van der Waals surface area (Å²) < 4.78 is 0. The number of carboxylic acid groups (broad SMARTS) is 2. The fraction of sp³-hybridized carbons (Fsp3) is 0.857. The van der Waals surface area contributed by atoms with Crippen LogP contribution in [0.5, 0.6) is 0 Å². The van der Waals surface area contributed by atoms with E-state index in [2.05, 4.69) is 25.9 Å². The lowest BCUT2D eigenvalue weighted by Crippen LogP contribution is -2.08. The fourth-order valence-corrected chi connectivity index (χ4v) is 1.26. The van der Waals surface area contributed by atoms with Crippen LogP contribution in [0.4, 0.5) is 0 Å². The third-order valence-electron chi connectivity index (χ3n) is 2.66. The second-order valence-electron chi connectivity index (χ2n) is 4.80. The van der Waals surface area contributed by atoms with Crippen LogP contribution in [-0.2, 0) is 9.59 Å². The van der Waals surface area contributed by atoms with Crippen LogP contribution in [0.15, 0.2) is 0 Å². The van der Waals surface area contributed by atoms with Crippen molar-refractivity contribution in [3.63, 3.8) is 0 Å². The highest BCUT2D eigenvalue weighted by Gasteiger charge is 1.98. The second kappa shape index (κ2) is 15.0. The lowest BCUT2D eigenvalue weighted by atomic mass is 10.1. The Kier molecular flexibility index (Phi) is 15.9. The number of carbonyl (C=O) groups is 2. The first-order valence-corrected chi connectivity index (χ1v) is 6.98. The minimum absolute atomic E-state index is 0.245. The maximum Gasteiger partial charge on any atom is 0.303 e. The molecule has 0 bridgehead atoms. The van der Waals surface area contributed by atoms with Crippen molar-refractivity contribution in [1.29, 1.82) is 0 Å². The van der Waals surface area contributed by atoms with Gasteiger partial charge in [0.2, 0.25) is 0 Å². The summed E-state index contributed by atoms with van der Waals surface area (Å²) in [5.41, 5.74) is 0. The van der Waals surface area contributed by atoms with E-state index in [-0.39, 0.29) is 12.8 Å². The summed E-state index contributed by atoms with van der Waals surface area (Å²) in [6.45, 7) is 3.26. The van der Waals surface area contributed by atoms with Crippen LogP contribution >= 0.6 is 0 Å². The third kappa shape index (κ3) is 26.5. The summed E-state index contributed by atoms with van der Waals surface area (Å²) in [5.74, 6) is -1.48. The van der Waals surface area contributed by atoms with Crippen molar-refractivity contribution in [2.24, 2.45) is 0 Å². The Labute approximate surface area is 116 Å². The zero-order valence-corrected chi connectivity index (χ0v) is 12.5. The summed E-state index contributed by atoms with van der Waals surface area (Å²) in [6.07, 6.45) is 5.82. The quantitative estimate of drug-likeness (QED) is 0.599. The van der Waals surface area contributed by atoms with E-state index in [4.69, 9.17) is 10.2 Å². The maximum atomic E-state index is 10.1. The minimum Gasteiger partial charge on any atom is -0.481 e. The molecule has 0 aliphatic heterocycles. The fourth-order valence-electron chi connectivity index (χ4n) is 1.26. The normalized spacial score (nSPS) is 9.89.